The molecule has 0 amide bonds. The number of benzene rings is 1. The molecule has 0 unspecified atom stereocenters. The Hall–Kier alpha value is -2.07. The fraction of sp³-hybridized carbons (Fsp3) is 0.133. The van der Waals surface area contributed by atoms with Gasteiger partial charge < -0.3 is 11.1 Å². The predicted molar refractivity (Wildman–Crippen MR) is 82.5 cm³/mol. The Bertz CT molecular complexity index is 718. The van der Waals surface area contributed by atoms with E-state index in [1.807, 2.05) is 35.6 Å². The van der Waals surface area contributed by atoms with Gasteiger partial charge in [-0.1, -0.05) is 0 Å². The van der Waals surface area contributed by atoms with Gasteiger partial charge in [0.1, 0.15) is 0 Å². The van der Waals surface area contributed by atoms with Crippen LogP contribution in [-0.2, 0) is 6.54 Å². The van der Waals surface area contributed by atoms with Crippen molar-refractivity contribution < 1.29 is 0 Å². The highest BCUT2D eigenvalue weighted by atomic mass is 32.1. The highest BCUT2D eigenvalue weighted by Crippen LogP contribution is 2.27. The normalized spacial score (nSPS) is 10.8. The molecular weight excluding hydrogens is 254 g/mol. The maximum atomic E-state index is 5.95. The lowest BCUT2D eigenvalue weighted by Crippen LogP contribution is -1.99. The van der Waals surface area contributed by atoms with E-state index in [1.165, 1.54) is 9.75 Å². The van der Waals surface area contributed by atoms with Crippen LogP contribution in [0.25, 0.3) is 10.9 Å². The summed E-state index contributed by atoms with van der Waals surface area (Å²) in [5.74, 6) is 0. The summed E-state index contributed by atoms with van der Waals surface area (Å²) >= 11 is 1.81. The second-order valence-corrected chi connectivity index (χ2v) is 5.84. The summed E-state index contributed by atoms with van der Waals surface area (Å²) in [5.41, 5.74) is 8.59. The molecule has 3 aromatic rings. The van der Waals surface area contributed by atoms with Crippen molar-refractivity contribution in [3.63, 3.8) is 0 Å². The highest BCUT2D eigenvalue weighted by Gasteiger charge is 2.05. The maximum Gasteiger partial charge on any atom is 0.0951 e. The first-order chi connectivity index (χ1) is 9.24. The van der Waals surface area contributed by atoms with Gasteiger partial charge in [-0.05, 0) is 43.3 Å². The van der Waals surface area contributed by atoms with Crippen LogP contribution in [-0.4, -0.2) is 4.98 Å². The van der Waals surface area contributed by atoms with Crippen molar-refractivity contribution in [1.29, 1.82) is 0 Å². The molecule has 0 bridgehead atoms. The van der Waals surface area contributed by atoms with Crippen LogP contribution in [0.1, 0.15) is 9.75 Å². The number of pyridine rings is 1. The Morgan fingerprint density at radius 2 is 2.11 bits per heavy atom. The van der Waals surface area contributed by atoms with Crippen LogP contribution in [0.5, 0.6) is 0 Å². The van der Waals surface area contributed by atoms with E-state index in [2.05, 4.69) is 29.4 Å². The molecule has 3 rings (SSSR count). The van der Waals surface area contributed by atoms with Gasteiger partial charge in [-0.2, -0.15) is 0 Å². The molecule has 0 radical (unpaired) electrons. The van der Waals surface area contributed by atoms with Crippen LogP contribution >= 0.6 is 11.3 Å². The van der Waals surface area contributed by atoms with Gasteiger partial charge in [0.25, 0.3) is 0 Å². The molecule has 0 spiro atoms. The number of aryl methyl sites for hydroxylation is 1. The number of fused-ring (bicyclic) bond motifs is 1. The van der Waals surface area contributed by atoms with E-state index in [0.29, 0.717) is 5.69 Å². The van der Waals surface area contributed by atoms with E-state index in [0.717, 1.165) is 23.1 Å². The van der Waals surface area contributed by atoms with Gasteiger partial charge in [-0.3, -0.25) is 4.98 Å². The van der Waals surface area contributed by atoms with Gasteiger partial charge in [0.2, 0.25) is 0 Å². The average Bonchev–Trinajstić information content (AvgIpc) is 2.84. The first kappa shape index (κ1) is 12.0. The Morgan fingerprint density at radius 1 is 1.21 bits per heavy atom. The summed E-state index contributed by atoms with van der Waals surface area (Å²) in [4.78, 5) is 7.00. The van der Waals surface area contributed by atoms with Crippen LogP contribution in [0.4, 0.5) is 11.4 Å². The van der Waals surface area contributed by atoms with E-state index in [9.17, 15) is 0 Å². The topological polar surface area (TPSA) is 50.9 Å². The third-order valence-corrected chi connectivity index (χ3v) is 4.05. The van der Waals surface area contributed by atoms with Gasteiger partial charge in [0.15, 0.2) is 0 Å². The van der Waals surface area contributed by atoms with E-state index >= 15 is 0 Å². The smallest absolute Gasteiger partial charge is 0.0951 e. The van der Waals surface area contributed by atoms with E-state index in [4.69, 9.17) is 5.73 Å². The zero-order chi connectivity index (χ0) is 13.2. The van der Waals surface area contributed by atoms with Gasteiger partial charge in [0, 0.05) is 33.6 Å². The third kappa shape index (κ3) is 2.39. The van der Waals surface area contributed by atoms with Gasteiger partial charge in [-0.25, -0.2) is 0 Å². The van der Waals surface area contributed by atoms with Crippen molar-refractivity contribution in [3.8, 4) is 0 Å². The fourth-order valence-electron chi connectivity index (χ4n) is 2.11. The molecule has 0 saturated carbocycles. The van der Waals surface area contributed by atoms with Crippen molar-refractivity contribution in [1.82, 2.24) is 4.98 Å². The number of nitrogens with two attached hydrogens (primary N) is 1. The van der Waals surface area contributed by atoms with Gasteiger partial charge in [0.05, 0.1) is 11.2 Å². The Kier molecular flexibility index (Phi) is 3.09. The minimum atomic E-state index is 0.716. The Morgan fingerprint density at radius 3 is 2.89 bits per heavy atom. The number of nitrogens with zero attached hydrogens (tertiary/aromatic N) is 1. The summed E-state index contributed by atoms with van der Waals surface area (Å²) in [6.45, 7) is 2.95. The lowest BCUT2D eigenvalue weighted by Gasteiger charge is -2.09. The van der Waals surface area contributed by atoms with E-state index in [1.54, 1.807) is 6.20 Å². The van der Waals surface area contributed by atoms with Crippen molar-refractivity contribution in [3.05, 3.63) is 52.3 Å². The lowest BCUT2D eigenvalue weighted by atomic mass is 10.1. The number of hydrogen-bond donors (Lipinski definition) is 2. The second-order valence-electron chi connectivity index (χ2n) is 4.47. The molecule has 3 N–H and O–H groups in total. The first-order valence-corrected chi connectivity index (χ1v) is 6.98. The molecule has 2 aromatic heterocycles. The van der Waals surface area contributed by atoms with Crippen molar-refractivity contribution in [2.75, 3.05) is 11.1 Å². The Balaban J connectivity index is 1.91. The summed E-state index contributed by atoms with van der Waals surface area (Å²) in [6, 6.07) is 12.2. The standard InChI is InChI=1S/C15H15N3S/c1-10-4-5-11(19-10)9-18-14-7-6-13(16)15-12(14)3-2-8-17-15/h2-8,18H,9,16H2,1H3. The molecular formula is C15H15N3S. The maximum absolute atomic E-state index is 5.95. The quantitative estimate of drug-likeness (QED) is 0.711. The minimum absolute atomic E-state index is 0.716. The number of thiophene rings is 1. The number of hydrogen-bond acceptors (Lipinski definition) is 4. The largest absolute Gasteiger partial charge is 0.397 e. The average molecular weight is 269 g/mol. The molecule has 0 fully saturated rings. The summed E-state index contributed by atoms with van der Waals surface area (Å²) < 4.78 is 0. The van der Waals surface area contributed by atoms with Crippen LogP contribution in [0.3, 0.4) is 0 Å². The molecule has 0 saturated heterocycles. The lowest BCUT2D eigenvalue weighted by molar-refractivity contribution is 1.20. The molecule has 0 aliphatic heterocycles. The zero-order valence-corrected chi connectivity index (χ0v) is 11.5. The fourth-order valence-corrected chi connectivity index (χ4v) is 2.94. The van der Waals surface area contributed by atoms with Gasteiger partial charge in [-0.15, -0.1) is 11.3 Å². The SMILES string of the molecule is Cc1ccc(CNc2ccc(N)c3ncccc23)s1. The van der Waals surface area contributed by atoms with Crippen LogP contribution in [0, 0.1) is 6.92 Å². The molecule has 19 heavy (non-hydrogen) atoms. The summed E-state index contributed by atoms with van der Waals surface area (Å²) in [5, 5.41) is 4.52. The first-order valence-electron chi connectivity index (χ1n) is 6.16. The van der Waals surface area contributed by atoms with Crippen molar-refractivity contribution in [2.45, 2.75) is 13.5 Å². The number of aromatic nitrogens is 1. The van der Waals surface area contributed by atoms with Crippen molar-refractivity contribution >= 4 is 33.6 Å². The predicted octanol–water partition coefficient (Wildman–Crippen LogP) is 3.80. The Labute approximate surface area is 116 Å². The highest BCUT2D eigenvalue weighted by molar-refractivity contribution is 7.11. The molecule has 0 aliphatic carbocycles. The van der Waals surface area contributed by atoms with Crippen LogP contribution < -0.4 is 11.1 Å². The summed E-state index contributed by atoms with van der Waals surface area (Å²) in [6.07, 6.45) is 1.77. The number of rotatable bonds is 3. The number of anilines is 2. The van der Waals surface area contributed by atoms with E-state index in [-0.39, 0.29) is 0 Å². The molecule has 3 nitrogen and oxygen atoms in total. The molecule has 2 heterocycles. The molecule has 1 aromatic carbocycles. The van der Waals surface area contributed by atoms with E-state index < -0.39 is 0 Å². The van der Waals surface area contributed by atoms with Crippen LogP contribution in [0.2, 0.25) is 0 Å². The monoisotopic (exact) mass is 269 g/mol. The van der Waals surface area contributed by atoms with Gasteiger partial charge >= 0.3 is 0 Å². The molecule has 0 aliphatic rings. The molecule has 96 valence electrons. The molecule has 0 atom stereocenters. The minimum Gasteiger partial charge on any atom is -0.397 e. The second kappa shape index (κ2) is 4.90. The zero-order valence-electron chi connectivity index (χ0n) is 10.7. The molecule has 4 heteroatoms. The number of nitrogen functional groups attached to an aromatic ring is 1. The third-order valence-electron chi connectivity index (χ3n) is 3.05. The van der Waals surface area contributed by atoms with Crippen LogP contribution in [0.15, 0.2) is 42.6 Å². The van der Waals surface area contributed by atoms with Crippen molar-refractivity contribution in [2.24, 2.45) is 0 Å². The summed E-state index contributed by atoms with van der Waals surface area (Å²) in [7, 11) is 0. The number of nitrogens with one attached hydrogen (secondary N) is 1.